The van der Waals surface area contributed by atoms with Gasteiger partial charge in [-0.25, -0.2) is 4.79 Å². The molecule has 3 amide bonds. The van der Waals surface area contributed by atoms with Crippen molar-refractivity contribution in [1.82, 2.24) is 9.80 Å². The SMILES string of the molecule is CN1C(=O)N(CC(=O)c2ccccc2)C(=O)C1(C)C1=CC[C@@H]2C[C@@H]1C2(C)C. The van der Waals surface area contributed by atoms with Gasteiger partial charge in [0.15, 0.2) is 5.78 Å². The molecular weight excluding hydrogens is 340 g/mol. The van der Waals surface area contributed by atoms with Crippen LogP contribution in [0.1, 0.15) is 44.0 Å². The van der Waals surface area contributed by atoms with Crippen molar-refractivity contribution in [2.75, 3.05) is 13.6 Å². The molecule has 0 N–H and O–H groups in total. The molecule has 5 nitrogen and oxygen atoms in total. The second-order valence-electron chi connectivity index (χ2n) is 8.80. The molecule has 27 heavy (non-hydrogen) atoms. The lowest BCUT2D eigenvalue weighted by atomic mass is 9.47. The Morgan fingerprint density at radius 1 is 1.15 bits per heavy atom. The van der Waals surface area contributed by atoms with E-state index in [4.69, 9.17) is 0 Å². The van der Waals surface area contributed by atoms with Crippen LogP contribution in [0.15, 0.2) is 42.0 Å². The predicted octanol–water partition coefficient (Wildman–Crippen LogP) is 3.51. The molecule has 142 valence electrons. The first-order valence-electron chi connectivity index (χ1n) is 9.57. The van der Waals surface area contributed by atoms with Gasteiger partial charge in [-0.1, -0.05) is 50.3 Å². The summed E-state index contributed by atoms with van der Waals surface area (Å²) < 4.78 is 0. The number of ketones is 1. The molecule has 4 aliphatic rings. The number of Topliss-reactive ketones (excluding diaryl/α,β-unsaturated/α-hetero) is 1. The molecule has 3 atom stereocenters. The average Bonchev–Trinajstić information content (AvgIpc) is 2.84. The van der Waals surface area contributed by atoms with E-state index in [1.807, 2.05) is 13.0 Å². The van der Waals surface area contributed by atoms with E-state index in [1.54, 1.807) is 31.3 Å². The van der Waals surface area contributed by atoms with Crippen LogP contribution in [0.25, 0.3) is 0 Å². The maximum Gasteiger partial charge on any atom is 0.328 e. The van der Waals surface area contributed by atoms with Crippen LogP contribution in [-0.2, 0) is 4.79 Å². The van der Waals surface area contributed by atoms with E-state index in [-0.39, 0.29) is 23.7 Å². The highest BCUT2D eigenvalue weighted by Gasteiger charge is 2.62. The Hall–Kier alpha value is -2.43. The van der Waals surface area contributed by atoms with Gasteiger partial charge in [0.1, 0.15) is 5.54 Å². The summed E-state index contributed by atoms with van der Waals surface area (Å²) in [6.07, 6.45) is 4.19. The van der Waals surface area contributed by atoms with Gasteiger partial charge in [-0.05, 0) is 42.6 Å². The van der Waals surface area contributed by atoms with Crippen molar-refractivity contribution in [3.8, 4) is 0 Å². The van der Waals surface area contributed by atoms with Gasteiger partial charge >= 0.3 is 6.03 Å². The standard InChI is InChI=1S/C22H26N2O3/c1-21(2)15-10-11-16(17(21)12-15)22(3)19(26)24(20(27)23(22)4)13-18(25)14-8-6-5-7-9-14/h5-9,11,15,17H,10,12-13H2,1-4H3/t15-,17+,22?/m1/s1. The number of allylic oxidation sites excluding steroid dienone is 1. The van der Waals surface area contributed by atoms with E-state index in [0.29, 0.717) is 17.4 Å². The number of hydrogen-bond acceptors (Lipinski definition) is 3. The molecule has 0 radical (unpaired) electrons. The molecule has 2 fully saturated rings. The lowest BCUT2D eigenvalue weighted by Gasteiger charge is -2.59. The Morgan fingerprint density at radius 2 is 1.81 bits per heavy atom. The molecule has 1 aromatic rings. The molecule has 1 aromatic carbocycles. The first-order valence-corrected chi connectivity index (χ1v) is 9.57. The topological polar surface area (TPSA) is 57.7 Å². The minimum atomic E-state index is -0.999. The fourth-order valence-electron chi connectivity index (χ4n) is 5.07. The first-order chi connectivity index (χ1) is 12.7. The molecule has 1 aliphatic heterocycles. The van der Waals surface area contributed by atoms with Gasteiger partial charge in [0.2, 0.25) is 0 Å². The summed E-state index contributed by atoms with van der Waals surface area (Å²) in [5, 5.41) is 0. The van der Waals surface area contributed by atoms with Crippen molar-refractivity contribution >= 4 is 17.7 Å². The predicted molar refractivity (Wildman–Crippen MR) is 102 cm³/mol. The largest absolute Gasteiger partial charge is 0.328 e. The molecule has 0 aromatic heterocycles. The van der Waals surface area contributed by atoms with E-state index < -0.39 is 11.6 Å². The van der Waals surface area contributed by atoms with Gasteiger partial charge in [-0.2, -0.15) is 0 Å². The highest BCUT2D eigenvalue weighted by Crippen LogP contribution is 2.62. The monoisotopic (exact) mass is 366 g/mol. The van der Waals surface area contributed by atoms with Crippen LogP contribution in [-0.4, -0.2) is 46.7 Å². The lowest BCUT2D eigenvalue weighted by molar-refractivity contribution is -0.132. The van der Waals surface area contributed by atoms with Crippen LogP contribution >= 0.6 is 0 Å². The number of likely N-dealkylation sites (N-methyl/N-ethyl adjacent to an activating group) is 1. The van der Waals surface area contributed by atoms with E-state index >= 15 is 0 Å². The van der Waals surface area contributed by atoms with Crippen LogP contribution in [0.5, 0.6) is 0 Å². The van der Waals surface area contributed by atoms with Crippen molar-refractivity contribution in [3.05, 3.63) is 47.5 Å². The van der Waals surface area contributed by atoms with Crippen molar-refractivity contribution < 1.29 is 14.4 Å². The number of imide groups is 1. The van der Waals surface area contributed by atoms with Gasteiger partial charge in [-0.15, -0.1) is 0 Å². The summed E-state index contributed by atoms with van der Waals surface area (Å²) in [6, 6.07) is 8.40. The maximum atomic E-state index is 13.4. The molecule has 5 heteroatoms. The minimum Gasteiger partial charge on any atom is -0.309 e. The minimum absolute atomic E-state index is 0.157. The zero-order valence-corrected chi connectivity index (χ0v) is 16.4. The normalized spacial score (nSPS) is 31.6. The van der Waals surface area contributed by atoms with Gasteiger partial charge in [0, 0.05) is 12.6 Å². The van der Waals surface area contributed by atoms with Crippen molar-refractivity contribution in [2.45, 2.75) is 39.2 Å². The summed E-state index contributed by atoms with van der Waals surface area (Å²) in [5.41, 5.74) is 0.714. The van der Waals surface area contributed by atoms with Crippen LogP contribution in [0.4, 0.5) is 4.79 Å². The van der Waals surface area contributed by atoms with Gasteiger partial charge in [0.05, 0.1) is 6.54 Å². The fraction of sp³-hybridized carbons (Fsp3) is 0.500. The summed E-state index contributed by atoms with van der Waals surface area (Å²) in [4.78, 5) is 41.5. The third-order valence-corrected chi connectivity index (χ3v) is 7.28. The number of carbonyl (C=O) groups is 3. The number of nitrogens with zero attached hydrogens (tertiary/aromatic N) is 2. The van der Waals surface area contributed by atoms with Crippen LogP contribution in [0.2, 0.25) is 0 Å². The van der Waals surface area contributed by atoms with Crippen molar-refractivity contribution in [2.24, 2.45) is 17.3 Å². The van der Waals surface area contributed by atoms with Crippen LogP contribution in [0.3, 0.4) is 0 Å². The second-order valence-corrected chi connectivity index (χ2v) is 8.80. The third kappa shape index (κ3) is 2.33. The fourth-order valence-corrected chi connectivity index (χ4v) is 5.07. The summed E-state index contributed by atoms with van der Waals surface area (Å²) >= 11 is 0. The Kier molecular flexibility index (Phi) is 3.85. The molecule has 0 spiro atoms. The Labute approximate surface area is 160 Å². The molecule has 5 rings (SSSR count). The smallest absolute Gasteiger partial charge is 0.309 e. The zero-order valence-electron chi connectivity index (χ0n) is 16.4. The number of amides is 3. The molecule has 3 aliphatic carbocycles. The van der Waals surface area contributed by atoms with E-state index in [0.717, 1.165) is 23.3 Å². The van der Waals surface area contributed by atoms with Crippen molar-refractivity contribution in [1.29, 1.82) is 0 Å². The van der Waals surface area contributed by atoms with Crippen molar-refractivity contribution in [3.63, 3.8) is 0 Å². The zero-order chi connectivity index (χ0) is 19.6. The number of carbonyl (C=O) groups excluding carboxylic acids is 3. The molecule has 1 heterocycles. The Bertz CT molecular complexity index is 858. The first kappa shape index (κ1) is 18.0. The number of fused-ring (bicyclic) bond motifs is 1. The third-order valence-electron chi connectivity index (χ3n) is 7.28. The van der Waals surface area contributed by atoms with Gasteiger partial charge in [-0.3, -0.25) is 14.5 Å². The van der Waals surface area contributed by atoms with E-state index in [9.17, 15) is 14.4 Å². The number of hydrogen-bond donors (Lipinski definition) is 0. The average molecular weight is 366 g/mol. The molecular formula is C22H26N2O3. The molecule has 1 saturated carbocycles. The number of urea groups is 1. The second kappa shape index (κ2) is 5.78. The summed E-state index contributed by atoms with van der Waals surface area (Å²) in [5.74, 6) is 0.455. The Balaban J connectivity index is 1.63. The van der Waals surface area contributed by atoms with Gasteiger partial charge < -0.3 is 4.90 Å². The number of benzene rings is 1. The maximum absolute atomic E-state index is 13.4. The van der Waals surface area contributed by atoms with Crippen LogP contribution < -0.4 is 0 Å². The molecule has 2 bridgehead atoms. The van der Waals surface area contributed by atoms with Crippen LogP contribution in [0, 0.1) is 17.3 Å². The number of rotatable bonds is 4. The highest BCUT2D eigenvalue weighted by molar-refractivity contribution is 6.12. The van der Waals surface area contributed by atoms with Gasteiger partial charge in [0.25, 0.3) is 5.91 Å². The highest BCUT2D eigenvalue weighted by atomic mass is 16.2. The summed E-state index contributed by atoms with van der Waals surface area (Å²) in [6.45, 7) is 6.12. The molecule has 1 saturated heterocycles. The Morgan fingerprint density at radius 3 is 2.41 bits per heavy atom. The molecule has 1 unspecified atom stereocenters. The van der Waals surface area contributed by atoms with E-state index in [1.165, 1.54) is 4.90 Å². The van der Waals surface area contributed by atoms with E-state index in [2.05, 4.69) is 19.9 Å². The quantitative estimate of drug-likeness (QED) is 0.465. The summed E-state index contributed by atoms with van der Waals surface area (Å²) in [7, 11) is 1.67. The lowest BCUT2D eigenvalue weighted by Crippen LogP contribution is -2.57.